The Kier molecular flexibility index (Phi) is 4.97. The van der Waals surface area contributed by atoms with Crippen molar-refractivity contribution in [1.29, 1.82) is 0 Å². The molecule has 1 aromatic carbocycles. The number of aryl methyl sites for hydroxylation is 2. The van der Waals surface area contributed by atoms with E-state index in [-0.39, 0.29) is 11.8 Å². The zero-order valence-corrected chi connectivity index (χ0v) is 10.8. The number of benzene rings is 1. The summed E-state index contributed by atoms with van der Waals surface area (Å²) < 4.78 is 4.69. The van der Waals surface area contributed by atoms with Crippen LogP contribution in [0, 0.1) is 13.8 Å². The molecule has 0 unspecified atom stereocenters. The van der Waals surface area contributed by atoms with Gasteiger partial charge < -0.3 is 4.74 Å². The van der Waals surface area contributed by atoms with E-state index in [1.165, 1.54) is 5.56 Å². The SMILES string of the molecule is CCOC(=O)/C(Cl)=N/Nc1ccc(C)c(C)c1. The standard InChI is InChI=1S/C12H15ClN2O2/c1-4-17-12(16)11(13)15-14-10-6-5-8(2)9(3)7-10/h5-7,14H,4H2,1-3H3/b15-11-. The Labute approximate surface area is 106 Å². The molecule has 0 aliphatic heterocycles. The van der Waals surface area contributed by atoms with Crippen LogP contribution in [0.5, 0.6) is 0 Å². The van der Waals surface area contributed by atoms with Gasteiger partial charge in [0.2, 0.25) is 5.17 Å². The number of hydrazone groups is 1. The Morgan fingerprint density at radius 2 is 2.12 bits per heavy atom. The van der Waals surface area contributed by atoms with E-state index in [1.54, 1.807) is 6.92 Å². The predicted molar refractivity (Wildman–Crippen MR) is 69.5 cm³/mol. The fraction of sp³-hybridized carbons (Fsp3) is 0.333. The van der Waals surface area contributed by atoms with Crippen LogP contribution in [0.25, 0.3) is 0 Å². The highest BCUT2D eigenvalue weighted by atomic mass is 35.5. The van der Waals surface area contributed by atoms with Crippen molar-refractivity contribution in [3.63, 3.8) is 0 Å². The smallest absolute Gasteiger partial charge is 0.370 e. The Morgan fingerprint density at radius 1 is 1.41 bits per heavy atom. The number of rotatable bonds is 4. The number of nitrogens with zero attached hydrogens (tertiary/aromatic N) is 1. The topological polar surface area (TPSA) is 50.7 Å². The summed E-state index contributed by atoms with van der Waals surface area (Å²) in [6, 6.07) is 5.75. The molecule has 1 aromatic rings. The summed E-state index contributed by atoms with van der Waals surface area (Å²) in [7, 11) is 0. The van der Waals surface area contributed by atoms with Gasteiger partial charge in [-0.1, -0.05) is 17.7 Å². The van der Waals surface area contributed by atoms with E-state index < -0.39 is 5.97 Å². The van der Waals surface area contributed by atoms with E-state index in [2.05, 4.69) is 10.5 Å². The lowest BCUT2D eigenvalue weighted by molar-refractivity contribution is -0.134. The molecule has 0 saturated carbocycles. The van der Waals surface area contributed by atoms with Crippen LogP contribution in [0.3, 0.4) is 0 Å². The summed E-state index contributed by atoms with van der Waals surface area (Å²) in [6.07, 6.45) is 0. The van der Waals surface area contributed by atoms with Gasteiger partial charge in [0.15, 0.2) is 0 Å². The van der Waals surface area contributed by atoms with Crippen LogP contribution in [0.2, 0.25) is 0 Å². The maximum absolute atomic E-state index is 11.2. The van der Waals surface area contributed by atoms with E-state index >= 15 is 0 Å². The van der Waals surface area contributed by atoms with E-state index in [0.29, 0.717) is 0 Å². The molecule has 0 aliphatic rings. The molecule has 4 nitrogen and oxygen atoms in total. The molecular weight excluding hydrogens is 240 g/mol. The Balaban J connectivity index is 2.69. The molecular formula is C12H15ClN2O2. The second kappa shape index (κ2) is 6.25. The monoisotopic (exact) mass is 254 g/mol. The van der Waals surface area contributed by atoms with Crippen molar-refractivity contribution < 1.29 is 9.53 Å². The molecule has 1 N–H and O–H groups in total. The lowest BCUT2D eigenvalue weighted by Gasteiger charge is -2.05. The molecule has 92 valence electrons. The van der Waals surface area contributed by atoms with Gasteiger partial charge in [0.05, 0.1) is 12.3 Å². The number of hydrogen-bond donors (Lipinski definition) is 1. The Hall–Kier alpha value is -1.55. The van der Waals surface area contributed by atoms with Gasteiger partial charge in [0.25, 0.3) is 0 Å². The van der Waals surface area contributed by atoms with Crippen molar-refractivity contribution in [3.05, 3.63) is 29.3 Å². The summed E-state index contributed by atoms with van der Waals surface area (Å²) in [5.41, 5.74) is 5.81. The third-order valence-corrected chi connectivity index (χ3v) is 2.47. The fourth-order valence-electron chi connectivity index (χ4n) is 1.16. The molecule has 0 aliphatic carbocycles. The van der Waals surface area contributed by atoms with Gasteiger partial charge in [-0.25, -0.2) is 4.79 Å². The molecule has 0 radical (unpaired) electrons. The van der Waals surface area contributed by atoms with Gasteiger partial charge in [-0.15, -0.1) is 0 Å². The van der Waals surface area contributed by atoms with Crippen molar-refractivity contribution in [1.82, 2.24) is 0 Å². The fourth-order valence-corrected chi connectivity index (χ4v) is 1.26. The van der Waals surface area contributed by atoms with Crippen LogP contribution in [0.4, 0.5) is 5.69 Å². The normalized spacial score (nSPS) is 11.2. The number of carbonyl (C=O) groups excluding carboxylic acids is 1. The van der Waals surface area contributed by atoms with Crippen molar-refractivity contribution in [2.45, 2.75) is 20.8 Å². The van der Waals surface area contributed by atoms with Gasteiger partial charge in [-0.05, 0) is 44.0 Å². The molecule has 0 bridgehead atoms. The summed E-state index contributed by atoms with van der Waals surface area (Å²) in [5, 5.41) is 3.52. The third kappa shape index (κ3) is 4.07. The number of anilines is 1. The highest BCUT2D eigenvalue weighted by molar-refractivity contribution is 6.82. The first-order chi connectivity index (χ1) is 8.04. The Morgan fingerprint density at radius 3 is 2.71 bits per heavy atom. The largest absolute Gasteiger partial charge is 0.461 e. The first kappa shape index (κ1) is 13.5. The molecule has 0 aromatic heterocycles. The lowest BCUT2D eigenvalue weighted by atomic mass is 10.1. The zero-order valence-electron chi connectivity index (χ0n) is 10.1. The highest BCUT2D eigenvalue weighted by Gasteiger charge is 2.08. The number of hydrogen-bond acceptors (Lipinski definition) is 4. The Bertz CT molecular complexity index is 444. The van der Waals surface area contributed by atoms with Crippen LogP contribution >= 0.6 is 11.6 Å². The quantitative estimate of drug-likeness (QED) is 0.511. The van der Waals surface area contributed by atoms with Gasteiger partial charge in [0.1, 0.15) is 0 Å². The molecule has 0 heterocycles. The molecule has 0 fully saturated rings. The summed E-state index contributed by atoms with van der Waals surface area (Å²) >= 11 is 5.64. The van der Waals surface area contributed by atoms with Crippen molar-refractivity contribution in [2.24, 2.45) is 5.10 Å². The van der Waals surface area contributed by atoms with Crippen molar-refractivity contribution >= 4 is 28.4 Å². The van der Waals surface area contributed by atoms with Crippen LogP contribution in [-0.4, -0.2) is 17.7 Å². The first-order valence-electron chi connectivity index (χ1n) is 5.28. The molecule has 0 spiro atoms. The third-order valence-electron chi connectivity index (χ3n) is 2.23. The van der Waals surface area contributed by atoms with Crippen LogP contribution in [0.1, 0.15) is 18.1 Å². The average molecular weight is 255 g/mol. The van der Waals surface area contributed by atoms with E-state index in [9.17, 15) is 4.79 Å². The minimum absolute atomic E-state index is 0.218. The first-order valence-corrected chi connectivity index (χ1v) is 5.66. The molecule has 17 heavy (non-hydrogen) atoms. The highest BCUT2D eigenvalue weighted by Crippen LogP contribution is 2.14. The number of esters is 1. The van der Waals surface area contributed by atoms with Crippen LogP contribution in [0.15, 0.2) is 23.3 Å². The van der Waals surface area contributed by atoms with Gasteiger partial charge >= 0.3 is 5.97 Å². The number of ether oxygens (including phenoxy) is 1. The minimum atomic E-state index is -0.634. The van der Waals surface area contributed by atoms with E-state index in [4.69, 9.17) is 16.3 Å². The summed E-state index contributed by atoms with van der Waals surface area (Å²) in [5.74, 6) is -0.634. The van der Waals surface area contributed by atoms with Crippen LogP contribution in [-0.2, 0) is 9.53 Å². The van der Waals surface area contributed by atoms with E-state index in [1.807, 2.05) is 32.0 Å². The molecule has 5 heteroatoms. The number of halogens is 1. The van der Waals surface area contributed by atoms with Crippen LogP contribution < -0.4 is 5.43 Å². The summed E-state index contributed by atoms with van der Waals surface area (Å²) in [6.45, 7) is 6.00. The summed E-state index contributed by atoms with van der Waals surface area (Å²) in [4.78, 5) is 11.2. The minimum Gasteiger partial charge on any atom is -0.461 e. The maximum atomic E-state index is 11.2. The van der Waals surface area contributed by atoms with Gasteiger partial charge in [0, 0.05) is 0 Å². The number of nitrogens with one attached hydrogen (secondary N) is 1. The number of carbonyl (C=O) groups is 1. The molecule has 0 saturated heterocycles. The molecule has 0 atom stereocenters. The van der Waals surface area contributed by atoms with E-state index in [0.717, 1.165) is 11.3 Å². The zero-order chi connectivity index (χ0) is 12.8. The maximum Gasteiger partial charge on any atom is 0.370 e. The molecule has 1 rings (SSSR count). The second-order valence-electron chi connectivity index (χ2n) is 3.53. The average Bonchev–Trinajstić information content (AvgIpc) is 2.30. The van der Waals surface area contributed by atoms with Crippen molar-refractivity contribution in [3.8, 4) is 0 Å². The van der Waals surface area contributed by atoms with Crippen molar-refractivity contribution in [2.75, 3.05) is 12.0 Å². The van der Waals surface area contributed by atoms with Gasteiger partial charge in [-0.2, -0.15) is 5.10 Å². The predicted octanol–water partition coefficient (Wildman–Crippen LogP) is 2.83. The second-order valence-corrected chi connectivity index (χ2v) is 3.89. The lowest BCUT2D eigenvalue weighted by Crippen LogP contribution is -2.13. The molecule has 0 amide bonds. The van der Waals surface area contributed by atoms with Gasteiger partial charge in [-0.3, -0.25) is 5.43 Å².